The van der Waals surface area contributed by atoms with Crippen molar-refractivity contribution >= 4 is 28.0 Å². The van der Waals surface area contributed by atoms with Crippen molar-refractivity contribution in [1.82, 2.24) is 4.90 Å². The standard InChI is InChI=1S/C22H24BrNO5/c1-22(2,3)29-21(27)24-13-16(12-18(24)20(25)26)28-19-10-9-15(23)11-17(19)14-7-5-4-6-8-14/h4-11,16,18H,12-13H2,1-3H3,(H,25,26)/t16-,18-/m1/s1. The second kappa shape index (κ2) is 8.45. The molecule has 0 radical (unpaired) electrons. The minimum Gasteiger partial charge on any atom is -0.488 e. The Morgan fingerprint density at radius 2 is 1.83 bits per heavy atom. The molecule has 1 N–H and O–H groups in total. The van der Waals surface area contributed by atoms with Gasteiger partial charge >= 0.3 is 12.1 Å². The van der Waals surface area contributed by atoms with E-state index >= 15 is 0 Å². The highest BCUT2D eigenvalue weighted by Gasteiger charge is 2.42. The van der Waals surface area contributed by atoms with E-state index < -0.39 is 29.8 Å². The van der Waals surface area contributed by atoms with Gasteiger partial charge in [0.05, 0.1) is 6.54 Å². The highest BCUT2D eigenvalue weighted by atomic mass is 79.9. The van der Waals surface area contributed by atoms with Gasteiger partial charge in [-0.05, 0) is 44.5 Å². The number of carboxylic acids is 1. The van der Waals surface area contributed by atoms with Gasteiger partial charge < -0.3 is 14.6 Å². The lowest BCUT2D eigenvalue weighted by Gasteiger charge is -2.26. The van der Waals surface area contributed by atoms with Crippen LogP contribution in [0.15, 0.2) is 53.0 Å². The summed E-state index contributed by atoms with van der Waals surface area (Å²) < 4.78 is 12.5. The fraction of sp³-hybridized carbons (Fsp3) is 0.364. The summed E-state index contributed by atoms with van der Waals surface area (Å²) in [5, 5.41) is 9.57. The van der Waals surface area contributed by atoms with Gasteiger partial charge in [0.1, 0.15) is 23.5 Å². The van der Waals surface area contributed by atoms with Crippen LogP contribution in [0, 0.1) is 0 Å². The molecule has 0 aromatic heterocycles. The van der Waals surface area contributed by atoms with Gasteiger partial charge in [-0.1, -0.05) is 46.3 Å². The molecule has 29 heavy (non-hydrogen) atoms. The number of ether oxygens (including phenoxy) is 2. The fourth-order valence-electron chi connectivity index (χ4n) is 3.27. The number of nitrogens with zero attached hydrogens (tertiary/aromatic N) is 1. The number of benzene rings is 2. The molecule has 0 unspecified atom stereocenters. The molecule has 1 aliphatic rings. The van der Waals surface area contributed by atoms with Crippen LogP contribution in [-0.2, 0) is 9.53 Å². The second-order valence-electron chi connectivity index (χ2n) is 7.97. The van der Waals surface area contributed by atoms with Crippen LogP contribution in [0.4, 0.5) is 4.79 Å². The average Bonchev–Trinajstić information content (AvgIpc) is 3.07. The van der Waals surface area contributed by atoms with E-state index in [9.17, 15) is 14.7 Å². The first-order valence-electron chi connectivity index (χ1n) is 9.38. The van der Waals surface area contributed by atoms with Crippen LogP contribution in [0.3, 0.4) is 0 Å². The summed E-state index contributed by atoms with van der Waals surface area (Å²) in [4.78, 5) is 25.4. The van der Waals surface area contributed by atoms with Gasteiger partial charge in [0.2, 0.25) is 0 Å². The molecule has 0 aliphatic carbocycles. The monoisotopic (exact) mass is 461 g/mol. The molecule has 2 aromatic rings. The lowest BCUT2D eigenvalue weighted by atomic mass is 10.0. The largest absolute Gasteiger partial charge is 0.488 e. The molecule has 1 saturated heterocycles. The number of hydrogen-bond donors (Lipinski definition) is 1. The van der Waals surface area contributed by atoms with Crippen molar-refractivity contribution < 1.29 is 24.2 Å². The molecule has 1 heterocycles. The van der Waals surface area contributed by atoms with Crippen molar-refractivity contribution in [2.45, 2.75) is 44.9 Å². The van der Waals surface area contributed by atoms with Gasteiger partial charge in [0.25, 0.3) is 0 Å². The maximum atomic E-state index is 12.5. The molecule has 0 spiro atoms. The summed E-state index contributed by atoms with van der Waals surface area (Å²) in [5.74, 6) is -0.430. The molecule has 2 aromatic carbocycles. The Labute approximate surface area is 178 Å². The minimum atomic E-state index is -1.07. The van der Waals surface area contributed by atoms with E-state index in [0.717, 1.165) is 15.6 Å². The van der Waals surface area contributed by atoms with Gasteiger partial charge in [-0.2, -0.15) is 0 Å². The zero-order chi connectivity index (χ0) is 21.2. The van der Waals surface area contributed by atoms with Crippen molar-refractivity contribution in [1.29, 1.82) is 0 Å². The number of carbonyl (C=O) groups is 2. The number of carbonyl (C=O) groups excluding carboxylic acids is 1. The lowest BCUT2D eigenvalue weighted by molar-refractivity contribution is -0.142. The Kier molecular flexibility index (Phi) is 6.17. The molecule has 2 atom stereocenters. The Balaban J connectivity index is 1.83. The number of likely N-dealkylation sites (tertiary alicyclic amines) is 1. The Bertz CT molecular complexity index is 894. The third-order valence-corrected chi connectivity index (χ3v) is 4.99. The van der Waals surface area contributed by atoms with E-state index in [0.29, 0.717) is 5.75 Å². The van der Waals surface area contributed by atoms with Crippen molar-refractivity contribution in [3.8, 4) is 16.9 Å². The molecule has 7 heteroatoms. The predicted octanol–water partition coefficient (Wildman–Crippen LogP) is 4.96. The van der Waals surface area contributed by atoms with Gasteiger partial charge in [-0.15, -0.1) is 0 Å². The maximum Gasteiger partial charge on any atom is 0.411 e. The highest BCUT2D eigenvalue weighted by molar-refractivity contribution is 9.10. The summed E-state index contributed by atoms with van der Waals surface area (Å²) in [6.45, 7) is 5.40. The molecule has 6 nitrogen and oxygen atoms in total. The van der Waals surface area contributed by atoms with E-state index in [1.807, 2.05) is 48.5 Å². The van der Waals surface area contributed by atoms with Crippen molar-refractivity contribution in [2.24, 2.45) is 0 Å². The molecule has 0 bridgehead atoms. The fourth-order valence-corrected chi connectivity index (χ4v) is 3.63. The van der Waals surface area contributed by atoms with Gasteiger partial charge in [0.15, 0.2) is 0 Å². The molecular formula is C22H24BrNO5. The number of hydrogen-bond acceptors (Lipinski definition) is 4. The summed E-state index contributed by atoms with van der Waals surface area (Å²) in [5.41, 5.74) is 1.17. The van der Waals surface area contributed by atoms with Crippen LogP contribution in [0.2, 0.25) is 0 Å². The SMILES string of the molecule is CC(C)(C)OC(=O)N1C[C@H](Oc2ccc(Br)cc2-c2ccccc2)C[C@@H]1C(=O)O. The van der Waals surface area contributed by atoms with E-state index in [-0.39, 0.29) is 13.0 Å². The zero-order valence-electron chi connectivity index (χ0n) is 16.6. The number of halogens is 1. The Hall–Kier alpha value is -2.54. The van der Waals surface area contributed by atoms with Crippen LogP contribution in [0.5, 0.6) is 5.75 Å². The lowest BCUT2D eigenvalue weighted by Crippen LogP contribution is -2.43. The van der Waals surface area contributed by atoms with Crippen LogP contribution >= 0.6 is 15.9 Å². The van der Waals surface area contributed by atoms with Crippen LogP contribution in [0.25, 0.3) is 11.1 Å². The minimum absolute atomic E-state index is 0.149. The number of aliphatic carboxylic acids is 1. The van der Waals surface area contributed by atoms with Crippen LogP contribution in [-0.4, -0.2) is 46.4 Å². The van der Waals surface area contributed by atoms with Gasteiger partial charge in [-0.3, -0.25) is 4.90 Å². The molecule has 0 saturated carbocycles. The number of amides is 1. The van der Waals surface area contributed by atoms with Crippen LogP contribution < -0.4 is 4.74 Å². The predicted molar refractivity (Wildman–Crippen MR) is 113 cm³/mol. The third kappa shape index (κ3) is 5.29. The van der Waals surface area contributed by atoms with Gasteiger partial charge in [0, 0.05) is 16.5 Å². The molecular weight excluding hydrogens is 438 g/mol. The zero-order valence-corrected chi connectivity index (χ0v) is 18.2. The number of rotatable bonds is 4. The summed E-state index contributed by atoms with van der Waals surface area (Å²) in [6.07, 6.45) is -0.902. The third-order valence-electron chi connectivity index (χ3n) is 4.50. The quantitative estimate of drug-likeness (QED) is 0.696. The van der Waals surface area contributed by atoms with Crippen molar-refractivity contribution in [3.05, 3.63) is 53.0 Å². The molecule has 1 aliphatic heterocycles. The number of carboxylic acid groups (broad SMARTS) is 1. The summed E-state index contributed by atoms with van der Waals surface area (Å²) in [7, 11) is 0. The maximum absolute atomic E-state index is 12.5. The Morgan fingerprint density at radius 1 is 1.14 bits per heavy atom. The first kappa shape index (κ1) is 21.2. The summed E-state index contributed by atoms with van der Waals surface area (Å²) in [6, 6.07) is 14.5. The normalized spacial score (nSPS) is 19.1. The first-order valence-corrected chi connectivity index (χ1v) is 10.2. The van der Waals surface area contributed by atoms with Crippen molar-refractivity contribution in [3.63, 3.8) is 0 Å². The topological polar surface area (TPSA) is 76.1 Å². The van der Waals surface area contributed by atoms with E-state index in [1.54, 1.807) is 20.8 Å². The molecule has 1 amide bonds. The molecule has 3 rings (SSSR count). The first-order chi connectivity index (χ1) is 13.6. The molecule has 154 valence electrons. The average molecular weight is 462 g/mol. The highest BCUT2D eigenvalue weighted by Crippen LogP contribution is 2.35. The van der Waals surface area contributed by atoms with Crippen LogP contribution in [0.1, 0.15) is 27.2 Å². The van der Waals surface area contributed by atoms with Crippen molar-refractivity contribution in [2.75, 3.05) is 6.54 Å². The van der Waals surface area contributed by atoms with E-state index in [4.69, 9.17) is 9.47 Å². The molecule has 1 fully saturated rings. The van der Waals surface area contributed by atoms with E-state index in [2.05, 4.69) is 15.9 Å². The van der Waals surface area contributed by atoms with E-state index in [1.165, 1.54) is 4.90 Å². The second-order valence-corrected chi connectivity index (χ2v) is 8.88. The smallest absolute Gasteiger partial charge is 0.411 e. The Morgan fingerprint density at radius 3 is 2.45 bits per heavy atom. The summed E-state index contributed by atoms with van der Waals surface area (Å²) >= 11 is 3.49. The van der Waals surface area contributed by atoms with Gasteiger partial charge in [-0.25, -0.2) is 9.59 Å².